The van der Waals surface area contributed by atoms with Crippen molar-refractivity contribution in [3.05, 3.63) is 69.8 Å². The number of non-ortho nitro benzene ring substituents is 1. The Balaban J connectivity index is 1.64. The van der Waals surface area contributed by atoms with E-state index >= 15 is 0 Å². The molecule has 6 nitrogen and oxygen atoms in total. The monoisotopic (exact) mass is 325 g/mol. The third kappa shape index (κ3) is 3.22. The average Bonchev–Trinajstić information content (AvgIpc) is 2.62. The number of amides is 1. The van der Waals surface area contributed by atoms with Crippen molar-refractivity contribution in [3.63, 3.8) is 0 Å². The molecule has 124 valence electrons. The summed E-state index contributed by atoms with van der Waals surface area (Å²) in [4.78, 5) is 26.9. The molecule has 1 aliphatic heterocycles. The number of carbonyl (C=O) groups excluding carboxylic acids is 1. The van der Waals surface area contributed by atoms with E-state index in [9.17, 15) is 14.9 Å². The molecule has 1 fully saturated rings. The van der Waals surface area contributed by atoms with E-state index in [1.54, 1.807) is 12.1 Å². The third-order valence-electron chi connectivity index (χ3n) is 4.37. The lowest BCUT2D eigenvalue weighted by molar-refractivity contribution is -0.384. The second kappa shape index (κ2) is 6.70. The van der Waals surface area contributed by atoms with Gasteiger partial charge in [0.2, 0.25) is 0 Å². The van der Waals surface area contributed by atoms with Crippen LogP contribution in [-0.2, 0) is 0 Å². The highest BCUT2D eigenvalue weighted by atomic mass is 16.6. The predicted molar refractivity (Wildman–Crippen MR) is 92.4 cm³/mol. The number of rotatable bonds is 3. The molecular formula is C18H19N3O3. The molecule has 1 saturated heterocycles. The van der Waals surface area contributed by atoms with E-state index in [4.69, 9.17) is 0 Å². The van der Waals surface area contributed by atoms with Gasteiger partial charge in [0.25, 0.3) is 11.6 Å². The Morgan fingerprint density at radius 3 is 2.21 bits per heavy atom. The zero-order valence-electron chi connectivity index (χ0n) is 13.5. The van der Waals surface area contributed by atoms with Gasteiger partial charge in [-0.25, -0.2) is 0 Å². The van der Waals surface area contributed by atoms with Crippen molar-refractivity contribution in [2.75, 3.05) is 31.1 Å². The average molecular weight is 325 g/mol. The van der Waals surface area contributed by atoms with Crippen molar-refractivity contribution >= 4 is 17.3 Å². The minimum atomic E-state index is -0.400. The number of aryl methyl sites for hydroxylation is 1. The molecular weight excluding hydrogens is 306 g/mol. The first-order valence-electron chi connectivity index (χ1n) is 7.90. The quantitative estimate of drug-likeness (QED) is 0.643. The van der Waals surface area contributed by atoms with Gasteiger partial charge < -0.3 is 9.80 Å². The van der Waals surface area contributed by atoms with Gasteiger partial charge in [-0.05, 0) is 30.7 Å². The molecule has 0 saturated carbocycles. The van der Waals surface area contributed by atoms with E-state index in [0.29, 0.717) is 13.1 Å². The lowest BCUT2D eigenvalue weighted by Gasteiger charge is -2.36. The van der Waals surface area contributed by atoms with Crippen LogP contribution in [0.1, 0.15) is 15.9 Å². The fourth-order valence-corrected chi connectivity index (χ4v) is 2.94. The zero-order chi connectivity index (χ0) is 17.1. The predicted octanol–water partition coefficient (Wildman–Crippen LogP) is 2.87. The van der Waals surface area contributed by atoms with Crippen molar-refractivity contribution < 1.29 is 9.72 Å². The fraction of sp³-hybridized carbons (Fsp3) is 0.278. The molecule has 0 bridgehead atoms. The van der Waals surface area contributed by atoms with Gasteiger partial charge in [-0.3, -0.25) is 14.9 Å². The first-order valence-corrected chi connectivity index (χ1v) is 7.90. The summed E-state index contributed by atoms with van der Waals surface area (Å²) >= 11 is 0. The van der Waals surface area contributed by atoms with Crippen molar-refractivity contribution in [1.82, 2.24) is 4.90 Å². The number of piperazine rings is 1. The number of anilines is 1. The molecule has 0 aliphatic carbocycles. The number of carbonyl (C=O) groups is 1. The van der Waals surface area contributed by atoms with Crippen molar-refractivity contribution in [1.29, 1.82) is 0 Å². The number of hydrogen-bond acceptors (Lipinski definition) is 4. The molecule has 0 aromatic heterocycles. The summed E-state index contributed by atoms with van der Waals surface area (Å²) in [5.41, 5.74) is 2.78. The Labute approximate surface area is 140 Å². The lowest BCUT2D eigenvalue weighted by Crippen LogP contribution is -2.48. The van der Waals surface area contributed by atoms with Gasteiger partial charge in [0.1, 0.15) is 0 Å². The molecule has 0 radical (unpaired) electrons. The maximum Gasteiger partial charge on any atom is 0.269 e. The fourth-order valence-electron chi connectivity index (χ4n) is 2.94. The van der Waals surface area contributed by atoms with Gasteiger partial charge in [0.05, 0.1) is 4.92 Å². The van der Waals surface area contributed by atoms with Gasteiger partial charge in [-0.1, -0.05) is 18.2 Å². The molecule has 0 atom stereocenters. The van der Waals surface area contributed by atoms with Crippen LogP contribution >= 0.6 is 0 Å². The number of benzene rings is 2. The summed E-state index contributed by atoms with van der Waals surface area (Å²) in [6.07, 6.45) is 0. The first-order chi connectivity index (χ1) is 11.6. The van der Waals surface area contributed by atoms with Gasteiger partial charge in [-0.2, -0.15) is 0 Å². The summed E-state index contributed by atoms with van der Waals surface area (Å²) in [7, 11) is 0. The minimum Gasteiger partial charge on any atom is -0.368 e. The van der Waals surface area contributed by atoms with Crippen molar-refractivity contribution in [2.24, 2.45) is 0 Å². The summed E-state index contributed by atoms with van der Waals surface area (Å²) in [5.74, 6) is 0.0662. The van der Waals surface area contributed by atoms with Crippen LogP contribution in [0.5, 0.6) is 0 Å². The van der Waals surface area contributed by atoms with Gasteiger partial charge in [0, 0.05) is 49.6 Å². The second-order valence-electron chi connectivity index (χ2n) is 5.87. The molecule has 0 spiro atoms. The molecule has 6 heteroatoms. The van der Waals surface area contributed by atoms with E-state index in [2.05, 4.69) is 4.90 Å². The molecule has 0 N–H and O–H groups in total. The SMILES string of the molecule is Cc1ccccc1C(=O)N1CCN(c2ccc([N+](=O)[O-])cc2)CC1. The summed E-state index contributed by atoms with van der Waals surface area (Å²) < 4.78 is 0. The zero-order valence-corrected chi connectivity index (χ0v) is 13.5. The van der Waals surface area contributed by atoms with Crippen LogP contribution in [0.25, 0.3) is 0 Å². The third-order valence-corrected chi connectivity index (χ3v) is 4.37. The first kappa shape index (κ1) is 16.0. The normalized spacial score (nSPS) is 14.5. The van der Waals surface area contributed by atoms with E-state index in [-0.39, 0.29) is 11.6 Å². The second-order valence-corrected chi connectivity index (χ2v) is 5.87. The molecule has 2 aromatic rings. The Morgan fingerprint density at radius 1 is 1.00 bits per heavy atom. The highest BCUT2D eigenvalue weighted by molar-refractivity contribution is 5.95. The molecule has 0 unspecified atom stereocenters. The van der Waals surface area contributed by atoms with E-state index in [0.717, 1.165) is 29.9 Å². The summed E-state index contributed by atoms with van der Waals surface area (Å²) in [5, 5.41) is 10.7. The van der Waals surface area contributed by atoms with Crippen LogP contribution in [-0.4, -0.2) is 41.9 Å². The Kier molecular flexibility index (Phi) is 4.46. The summed E-state index contributed by atoms with van der Waals surface area (Å²) in [6, 6.07) is 14.2. The topological polar surface area (TPSA) is 66.7 Å². The van der Waals surface area contributed by atoms with E-state index in [1.165, 1.54) is 12.1 Å². The van der Waals surface area contributed by atoms with E-state index < -0.39 is 4.92 Å². The van der Waals surface area contributed by atoms with Crippen LogP contribution in [0.2, 0.25) is 0 Å². The van der Waals surface area contributed by atoms with Crippen LogP contribution in [0.15, 0.2) is 48.5 Å². The highest BCUT2D eigenvalue weighted by Crippen LogP contribution is 2.21. The molecule has 3 rings (SSSR count). The van der Waals surface area contributed by atoms with Crippen LogP contribution in [0.4, 0.5) is 11.4 Å². The standard InChI is InChI=1S/C18H19N3O3/c1-14-4-2-3-5-17(14)18(22)20-12-10-19(11-13-20)15-6-8-16(9-7-15)21(23)24/h2-9H,10-13H2,1H3. The van der Waals surface area contributed by atoms with Crippen molar-refractivity contribution in [3.8, 4) is 0 Å². The maximum absolute atomic E-state index is 12.6. The smallest absolute Gasteiger partial charge is 0.269 e. The van der Waals surface area contributed by atoms with Gasteiger partial charge in [0.15, 0.2) is 0 Å². The Morgan fingerprint density at radius 2 is 1.62 bits per heavy atom. The highest BCUT2D eigenvalue weighted by Gasteiger charge is 2.23. The van der Waals surface area contributed by atoms with Gasteiger partial charge in [-0.15, -0.1) is 0 Å². The molecule has 1 amide bonds. The number of nitro groups is 1. The number of nitrogens with zero attached hydrogens (tertiary/aromatic N) is 3. The number of nitro benzene ring substituents is 1. The van der Waals surface area contributed by atoms with Crippen LogP contribution in [0, 0.1) is 17.0 Å². The largest absolute Gasteiger partial charge is 0.368 e. The van der Waals surface area contributed by atoms with Crippen LogP contribution < -0.4 is 4.90 Å². The molecule has 2 aromatic carbocycles. The molecule has 1 heterocycles. The minimum absolute atomic E-state index is 0.0662. The number of hydrogen-bond donors (Lipinski definition) is 0. The molecule has 1 aliphatic rings. The lowest BCUT2D eigenvalue weighted by atomic mass is 10.1. The Bertz CT molecular complexity index is 750. The molecule has 24 heavy (non-hydrogen) atoms. The summed E-state index contributed by atoms with van der Waals surface area (Å²) in [6.45, 7) is 4.67. The van der Waals surface area contributed by atoms with Gasteiger partial charge >= 0.3 is 0 Å². The van der Waals surface area contributed by atoms with Crippen LogP contribution in [0.3, 0.4) is 0 Å². The maximum atomic E-state index is 12.6. The Hall–Kier alpha value is -2.89. The van der Waals surface area contributed by atoms with Crippen molar-refractivity contribution in [2.45, 2.75) is 6.92 Å². The van der Waals surface area contributed by atoms with E-state index in [1.807, 2.05) is 36.1 Å².